The maximum absolute atomic E-state index is 13.1. The molecule has 0 saturated carbocycles. The van der Waals surface area contributed by atoms with Gasteiger partial charge in [0.15, 0.2) is 5.13 Å². The zero-order chi connectivity index (χ0) is 18.8. The average molecular weight is 413 g/mol. The zero-order valence-electron chi connectivity index (χ0n) is 14.0. The van der Waals surface area contributed by atoms with Crippen LogP contribution in [0.15, 0.2) is 72.8 Å². The minimum Gasteiger partial charge on any atom is -0.301 e. The number of thiazole rings is 1. The molecular weight excluding hydrogens is 399 g/mol. The smallest absolute Gasteiger partial charge is 0.238 e. The maximum Gasteiger partial charge on any atom is 0.238 e. The fourth-order valence-corrected chi connectivity index (χ4v) is 4.25. The fourth-order valence-electron chi connectivity index (χ4n) is 2.95. The number of rotatable bonds is 4. The van der Waals surface area contributed by atoms with Crippen molar-refractivity contribution in [3.63, 3.8) is 0 Å². The first-order chi connectivity index (χ1) is 13.1. The van der Waals surface area contributed by atoms with E-state index in [2.05, 4.69) is 10.3 Å². The summed E-state index contributed by atoms with van der Waals surface area (Å²) >= 11 is 13.7. The molecule has 1 heterocycles. The summed E-state index contributed by atoms with van der Waals surface area (Å²) in [5.41, 5.74) is 2.44. The molecule has 0 unspecified atom stereocenters. The van der Waals surface area contributed by atoms with Gasteiger partial charge in [-0.2, -0.15) is 0 Å². The van der Waals surface area contributed by atoms with Crippen molar-refractivity contribution in [2.45, 2.75) is 5.92 Å². The molecule has 0 atom stereocenters. The van der Waals surface area contributed by atoms with Crippen molar-refractivity contribution < 1.29 is 4.79 Å². The van der Waals surface area contributed by atoms with Gasteiger partial charge in [-0.3, -0.25) is 4.79 Å². The second-order valence-electron chi connectivity index (χ2n) is 5.97. The van der Waals surface area contributed by atoms with Gasteiger partial charge in [0.2, 0.25) is 5.91 Å². The zero-order valence-corrected chi connectivity index (χ0v) is 16.4. The first kappa shape index (κ1) is 18.0. The van der Waals surface area contributed by atoms with E-state index in [9.17, 15) is 4.79 Å². The molecule has 0 fully saturated rings. The van der Waals surface area contributed by atoms with Gasteiger partial charge in [-0.25, -0.2) is 4.98 Å². The van der Waals surface area contributed by atoms with Gasteiger partial charge in [-0.15, -0.1) is 0 Å². The lowest BCUT2D eigenvalue weighted by atomic mass is 9.90. The molecule has 134 valence electrons. The van der Waals surface area contributed by atoms with Crippen LogP contribution in [0.3, 0.4) is 0 Å². The minimum atomic E-state index is -0.432. The summed E-state index contributed by atoms with van der Waals surface area (Å²) in [5, 5.41) is 4.28. The molecule has 6 heteroatoms. The highest BCUT2D eigenvalue weighted by Gasteiger charge is 2.24. The number of hydrogen-bond donors (Lipinski definition) is 1. The second-order valence-corrected chi connectivity index (χ2v) is 7.79. The number of amides is 1. The third-order valence-corrected chi connectivity index (χ3v) is 5.94. The lowest BCUT2D eigenvalue weighted by Gasteiger charge is -2.16. The van der Waals surface area contributed by atoms with Crippen molar-refractivity contribution in [1.29, 1.82) is 0 Å². The Hall–Kier alpha value is -2.40. The lowest BCUT2D eigenvalue weighted by molar-refractivity contribution is -0.116. The molecule has 1 N–H and O–H groups in total. The molecule has 0 aliphatic heterocycles. The number of nitrogens with zero attached hydrogens (tertiary/aromatic N) is 1. The van der Waals surface area contributed by atoms with Crippen LogP contribution in [-0.4, -0.2) is 10.9 Å². The summed E-state index contributed by atoms with van der Waals surface area (Å²) in [7, 11) is 0. The van der Waals surface area contributed by atoms with E-state index in [-0.39, 0.29) is 5.91 Å². The number of halogens is 2. The highest BCUT2D eigenvalue weighted by atomic mass is 35.5. The normalized spacial score (nSPS) is 11.1. The molecule has 0 aliphatic carbocycles. The van der Waals surface area contributed by atoms with Gasteiger partial charge < -0.3 is 5.32 Å². The van der Waals surface area contributed by atoms with Crippen LogP contribution in [0.1, 0.15) is 17.0 Å². The summed E-state index contributed by atoms with van der Waals surface area (Å²) in [6, 6.07) is 23.0. The number of nitrogens with one attached hydrogen (secondary N) is 1. The van der Waals surface area contributed by atoms with E-state index >= 15 is 0 Å². The van der Waals surface area contributed by atoms with Crippen molar-refractivity contribution in [2.75, 3.05) is 5.32 Å². The standard InChI is InChI=1S/C21H14Cl2N2OS/c22-15-11-12-16-19(18(15)23)24-21(27-16)25-20(26)17(13-7-3-1-4-8-13)14-9-5-2-6-10-14/h1-12,17H,(H,24,25,26). The number of anilines is 1. The Balaban J connectivity index is 1.69. The van der Waals surface area contributed by atoms with Gasteiger partial charge in [0.25, 0.3) is 0 Å². The summed E-state index contributed by atoms with van der Waals surface area (Å²) in [4.78, 5) is 17.6. The predicted molar refractivity (Wildman–Crippen MR) is 113 cm³/mol. The Morgan fingerprint density at radius 1 is 0.889 bits per heavy atom. The summed E-state index contributed by atoms with van der Waals surface area (Å²) < 4.78 is 0.871. The van der Waals surface area contributed by atoms with Crippen LogP contribution in [-0.2, 0) is 4.79 Å². The number of aromatic nitrogens is 1. The quantitative estimate of drug-likeness (QED) is 0.422. The monoisotopic (exact) mass is 412 g/mol. The van der Waals surface area contributed by atoms with Crippen LogP contribution >= 0.6 is 34.5 Å². The molecule has 0 bridgehead atoms. The number of hydrogen-bond acceptors (Lipinski definition) is 3. The van der Waals surface area contributed by atoms with E-state index < -0.39 is 5.92 Å². The van der Waals surface area contributed by atoms with Gasteiger partial charge >= 0.3 is 0 Å². The highest BCUT2D eigenvalue weighted by molar-refractivity contribution is 7.22. The van der Waals surface area contributed by atoms with E-state index in [0.717, 1.165) is 15.8 Å². The van der Waals surface area contributed by atoms with E-state index in [1.807, 2.05) is 66.7 Å². The molecule has 4 rings (SSSR count). The van der Waals surface area contributed by atoms with Crippen molar-refractivity contribution >= 4 is 55.8 Å². The van der Waals surface area contributed by atoms with E-state index in [1.165, 1.54) is 11.3 Å². The largest absolute Gasteiger partial charge is 0.301 e. The van der Waals surface area contributed by atoms with Crippen LogP contribution in [0.4, 0.5) is 5.13 Å². The van der Waals surface area contributed by atoms with Crippen molar-refractivity contribution in [2.24, 2.45) is 0 Å². The SMILES string of the molecule is O=C(Nc1nc2c(Cl)c(Cl)ccc2s1)C(c1ccccc1)c1ccccc1. The topological polar surface area (TPSA) is 42.0 Å². The maximum atomic E-state index is 13.1. The van der Waals surface area contributed by atoms with Crippen LogP contribution in [0, 0.1) is 0 Å². The third kappa shape index (κ3) is 3.69. The van der Waals surface area contributed by atoms with Crippen molar-refractivity contribution in [1.82, 2.24) is 4.98 Å². The molecule has 3 aromatic carbocycles. The molecule has 0 radical (unpaired) electrons. The van der Waals surface area contributed by atoms with Crippen molar-refractivity contribution in [3.8, 4) is 0 Å². The van der Waals surface area contributed by atoms with Gasteiger partial charge in [0.1, 0.15) is 5.52 Å². The van der Waals surface area contributed by atoms with Gasteiger partial charge in [0, 0.05) is 0 Å². The van der Waals surface area contributed by atoms with Gasteiger partial charge in [-0.1, -0.05) is 95.2 Å². The molecule has 1 amide bonds. The molecular formula is C21H14Cl2N2OS. The lowest BCUT2D eigenvalue weighted by Crippen LogP contribution is -2.22. The molecule has 0 spiro atoms. The summed E-state index contributed by atoms with van der Waals surface area (Å²) in [6.07, 6.45) is 0. The van der Waals surface area contributed by atoms with Crippen LogP contribution in [0.2, 0.25) is 10.0 Å². The van der Waals surface area contributed by atoms with Crippen LogP contribution < -0.4 is 5.32 Å². The Bertz CT molecular complexity index is 1060. The number of benzene rings is 3. The van der Waals surface area contributed by atoms with Crippen molar-refractivity contribution in [3.05, 3.63) is 94.0 Å². The Morgan fingerprint density at radius 2 is 1.48 bits per heavy atom. The molecule has 4 aromatic rings. The number of carbonyl (C=O) groups is 1. The fraction of sp³-hybridized carbons (Fsp3) is 0.0476. The molecule has 1 aromatic heterocycles. The molecule has 3 nitrogen and oxygen atoms in total. The van der Waals surface area contributed by atoms with Gasteiger partial charge in [0.05, 0.1) is 20.7 Å². The molecule has 0 aliphatic rings. The molecule has 27 heavy (non-hydrogen) atoms. The average Bonchev–Trinajstić information content (AvgIpc) is 3.10. The third-order valence-electron chi connectivity index (χ3n) is 4.21. The molecule has 0 saturated heterocycles. The Morgan fingerprint density at radius 3 is 2.07 bits per heavy atom. The minimum absolute atomic E-state index is 0.145. The highest BCUT2D eigenvalue weighted by Crippen LogP contribution is 2.36. The summed E-state index contributed by atoms with van der Waals surface area (Å²) in [6.45, 7) is 0. The van der Waals surface area contributed by atoms with Crippen LogP contribution in [0.25, 0.3) is 10.2 Å². The Labute approximate surface area is 170 Å². The van der Waals surface area contributed by atoms with E-state index in [0.29, 0.717) is 20.7 Å². The van der Waals surface area contributed by atoms with Crippen LogP contribution in [0.5, 0.6) is 0 Å². The first-order valence-electron chi connectivity index (χ1n) is 8.29. The second kappa shape index (κ2) is 7.69. The Kier molecular flexibility index (Phi) is 5.12. The van der Waals surface area contributed by atoms with Gasteiger partial charge in [-0.05, 0) is 23.3 Å². The van der Waals surface area contributed by atoms with E-state index in [1.54, 1.807) is 6.07 Å². The predicted octanol–water partition coefficient (Wildman–Crippen LogP) is 6.37. The first-order valence-corrected chi connectivity index (χ1v) is 9.86. The summed E-state index contributed by atoms with van der Waals surface area (Å²) in [5.74, 6) is -0.577. The van der Waals surface area contributed by atoms with E-state index in [4.69, 9.17) is 23.2 Å². The number of carbonyl (C=O) groups excluding carboxylic acids is 1. The number of fused-ring (bicyclic) bond motifs is 1.